The van der Waals surface area contributed by atoms with Crippen molar-refractivity contribution in [3.63, 3.8) is 0 Å². The summed E-state index contributed by atoms with van der Waals surface area (Å²) in [5.41, 5.74) is 1.81. The second-order valence-electron chi connectivity index (χ2n) is 6.03. The summed E-state index contributed by atoms with van der Waals surface area (Å²) in [5.74, 6) is 0.736. The molecule has 1 aromatic carbocycles. The summed E-state index contributed by atoms with van der Waals surface area (Å²) < 4.78 is 14.8. The zero-order valence-electron chi connectivity index (χ0n) is 14.7. The average Bonchev–Trinajstić information content (AvgIpc) is 2.68. The summed E-state index contributed by atoms with van der Waals surface area (Å²) in [6.07, 6.45) is 3.02. The van der Waals surface area contributed by atoms with Gasteiger partial charge < -0.3 is 10.2 Å². The zero-order chi connectivity index (χ0) is 18.5. The number of pyridine rings is 1. The van der Waals surface area contributed by atoms with E-state index in [0.717, 1.165) is 29.4 Å². The van der Waals surface area contributed by atoms with E-state index in [2.05, 4.69) is 34.8 Å². The summed E-state index contributed by atoms with van der Waals surface area (Å²) >= 11 is 0. The van der Waals surface area contributed by atoms with Crippen molar-refractivity contribution in [1.29, 1.82) is 0 Å². The highest BCUT2D eigenvalue weighted by Crippen LogP contribution is 2.21. The van der Waals surface area contributed by atoms with Gasteiger partial charge in [-0.1, -0.05) is 12.6 Å². The summed E-state index contributed by atoms with van der Waals surface area (Å²) in [6.45, 7) is 8.47. The van der Waals surface area contributed by atoms with Crippen LogP contribution in [-0.4, -0.2) is 45.6 Å². The Labute approximate surface area is 156 Å². The molecule has 2 heterocycles. The molecular formula is C19H22N4O2S. The van der Waals surface area contributed by atoms with E-state index in [1.807, 2.05) is 10.4 Å². The molecule has 0 aliphatic carbocycles. The van der Waals surface area contributed by atoms with E-state index in [1.165, 1.54) is 6.08 Å². The summed E-state index contributed by atoms with van der Waals surface area (Å²) in [5, 5.41) is 2.68. The zero-order valence-corrected chi connectivity index (χ0v) is 15.5. The number of benzene rings is 1. The maximum Gasteiger partial charge on any atom is 0.247 e. The van der Waals surface area contributed by atoms with Crippen LogP contribution in [0.5, 0.6) is 0 Å². The lowest BCUT2D eigenvalue weighted by Gasteiger charge is -2.35. The minimum atomic E-state index is -1.22. The smallest absolute Gasteiger partial charge is 0.247 e. The lowest BCUT2D eigenvalue weighted by atomic mass is 10.2. The number of carbonyl (C=O) groups is 1. The first-order valence-electron chi connectivity index (χ1n) is 8.45. The molecule has 1 aromatic heterocycles. The summed E-state index contributed by atoms with van der Waals surface area (Å²) in [4.78, 5) is 18.7. The molecule has 1 aliphatic rings. The molecule has 26 heavy (non-hydrogen) atoms. The van der Waals surface area contributed by atoms with E-state index in [0.29, 0.717) is 18.8 Å². The molecule has 1 unspecified atom stereocenters. The fourth-order valence-electron chi connectivity index (χ4n) is 2.87. The van der Waals surface area contributed by atoms with Gasteiger partial charge in [0, 0.05) is 38.1 Å². The average molecular weight is 370 g/mol. The molecule has 0 saturated carbocycles. The maximum absolute atomic E-state index is 12.8. The Hall–Kier alpha value is -2.51. The van der Waals surface area contributed by atoms with Crippen LogP contribution in [-0.2, 0) is 15.8 Å². The Morgan fingerprint density at radius 2 is 1.88 bits per heavy atom. The van der Waals surface area contributed by atoms with E-state index in [1.54, 1.807) is 30.5 Å². The number of hydrogen-bond donors (Lipinski definition) is 1. The van der Waals surface area contributed by atoms with Gasteiger partial charge in [0.1, 0.15) is 16.8 Å². The predicted octanol–water partition coefficient (Wildman–Crippen LogP) is 2.36. The lowest BCUT2D eigenvalue weighted by molar-refractivity contribution is -0.111. The molecule has 1 amide bonds. The molecule has 1 atom stereocenters. The van der Waals surface area contributed by atoms with Gasteiger partial charge in [-0.05, 0) is 48.9 Å². The molecular weight excluding hydrogens is 348 g/mol. The van der Waals surface area contributed by atoms with Gasteiger partial charge in [0.25, 0.3) is 0 Å². The third-order valence-electron chi connectivity index (χ3n) is 4.26. The highest BCUT2D eigenvalue weighted by Gasteiger charge is 2.23. The van der Waals surface area contributed by atoms with Crippen LogP contribution in [0.4, 0.5) is 11.5 Å². The van der Waals surface area contributed by atoms with Gasteiger partial charge in [-0.3, -0.25) is 4.79 Å². The predicted molar refractivity (Wildman–Crippen MR) is 104 cm³/mol. The van der Waals surface area contributed by atoms with Crippen molar-refractivity contribution in [3.8, 4) is 0 Å². The van der Waals surface area contributed by atoms with Gasteiger partial charge in [-0.15, -0.1) is 0 Å². The van der Waals surface area contributed by atoms with E-state index in [4.69, 9.17) is 0 Å². The number of amides is 1. The van der Waals surface area contributed by atoms with Crippen molar-refractivity contribution >= 4 is 28.4 Å². The summed E-state index contributed by atoms with van der Waals surface area (Å²) in [7, 11) is -1.22. The number of nitrogens with zero attached hydrogens (tertiary/aromatic N) is 3. The molecule has 1 saturated heterocycles. The number of aryl methyl sites for hydroxylation is 1. The van der Waals surface area contributed by atoms with Crippen LogP contribution in [0.3, 0.4) is 0 Å². The molecule has 0 bridgehead atoms. The number of carbonyl (C=O) groups excluding carboxylic acids is 1. The normalized spacial score (nSPS) is 16.1. The molecule has 0 spiro atoms. The second-order valence-corrected chi connectivity index (χ2v) is 7.51. The van der Waals surface area contributed by atoms with Crippen molar-refractivity contribution in [3.05, 3.63) is 60.8 Å². The highest BCUT2D eigenvalue weighted by atomic mass is 32.2. The SMILES string of the molecule is C=CC(=O)Nc1ccc(S(=O)N2CCN(c3ncccc3C)CC2)cc1. The van der Waals surface area contributed by atoms with Crippen LogP contribution >= 0.6 is 0 Å². The van der Waals surface area contributed by atoms with Crippen LogP contribution in [0.2, 0.25) is 0 Å². The molecule has 3 rings (SSSR count). The van der Waals surface area contributed by atoms with Crippen LogP contribution in [0.15, 0.2) is 60.1 Å². The van der Waals surface area contributed by atoms with Gasteiger partial charge >= 0.3 is 0 Å². The van der Waals surface area contributed by atoms with Crippen LogP contribution in [0.25, 0.3) is 0 Å². The number of nitrogens with one attached hydrogen (secondary N) is 1. The fraction of sp³-hybridized carbons (Fsp3) is 0.263. The topological polar surface area (TPSA) is 65.5 Å². The molecule has 1 aliphatic heterocycles. The minimum Gasteiger partial charge on any atom is -0.354 e. The van der Waals surface area contributed by atoms with Crippen molar-refractivity contribution in [1.82, 2.24) is 9.29 Å². The molecule has 2 aromatic rings. The van der Waals surface area contributed by atoms with Gasteiger partial charge in [0.05, 0.1) is 4.90 Å². The molecule has 136 valence electrons. The highest BCUT2D eigenvalue weighted by molar-refractivity contribution is 7.82. The van der Waals surface area contributed by atoms with E-state index >= 15 is 0 Å². The van der Waals surface area contributed by atoms with Gasteiger partial charge in [-0.25, -0.2) is 13.5 Å². The fourth-order valence-corrected chi connectivity index (χ4v) is 4.03. The van der Waals surface area contributed by atoms with Gasteiger partial charge in [0.15, 0.2) is 0 Å². The van der Waals surface area contributed by atoms with Crippen LogP contribution in [0, 0.1) is 6.92 Å². The van der Waals surface area contributed by atoms with Crippen molar-refractivity contribution in [2.45, 2.75) is 11.8 Å². The second kappa shape index (κ2) is 8.25. The van der Waals surface area contributed by atoms with Crippen molar-refractivity contribution < 1.29 is 9.00 Å². The van der Waals surface area contributed by atoms with Crippen LogP contribution < -0.4 is 10.2 Å². The Kier molecular flexibility index (Phi) is 5.80. The number of aromatic nitrogens is 1. The third kappa shape index (κ3) is 4.17. The number of rotatable bonds is 5. The minimum absolute atomic E-state index is 0.264. The standard InChI is InChI=1S/C19H22N4O2S/c1-3-18(24)21-16-6-8-17(9-7-16)26(25)23-13-11-22(12-14-23)19-15(2)5-4-10-20-19/h3-10H,1,11-14H2,2H3,(H,21,24). The number of hydrogen-bond acceptors (Lipinski definition) is 4. The largest absolute Gasteiger partial charge is 0.354 e. The Balaban J connectivity index is 1.61. The maximum atomic E-state index is 12.8. The molecule has 1 N–H and O–H groups in total. The first-order chi connectivity index (χ1) is 12.6. The van der Waals surface area contributed by atoms with Gasteiger partial charge in [-0.2, -0.15) is 0 Å². The molecule has 7 heteroatoms. The summed E-state index contributed by atoms with van der Waals surface area (Å²) in [6, 6.07) is 11.1. The molecule has 6 nitrogen and oxygen atoms in total. The monoisotopic (exact) mass is 370 g/mol. The van der Waals surface area contributed by atoms with Gasteiger partial charge in [0.2, 0.25) is 5.91 Å². The Morgan fingerprint density at radius 3 is 2.50 bits per heavy atom. The molecule has 1 fully saturated rings. The van der Waals surface area contributed by atoms with Crippen molar-refractivity contribution in [2.75, 3.05) is 36.4 Å². The third-order valence-corrected chi connectivity index (χ3v) is 5.77. The van der Waals surface area contributed by atoms with Crippen molar-refractivity contribution in [2.24, 2.45) is 0 Å². The number of anilines is 2. The quantitative estimate of drug-likeness (QED) is 0.821. The first kappa shape index (κ1) is 18.3. The first-order valence-corrected chi connectivity index (χ1v) is 9.56. The lowest BCUT2D eigenvalue weighted by Crippen LogP contribution is -2.47. The van der Waals surface area contributed by atoms with E-state index in [-0.39, 0.29) is 5.91 Å². The molecule has 0 radical (unpaired) electrons. The Bertz CT molecular complexity index is 815. The Morgan fingerprint density at radius 1 is 1.19 bits per heavy atom. The van der Waals surface area contributed by atoms with E-state index in [9.17, 15) is 9.00 Å². The number of piperazine rings is 1. The van der Waals surface area contributed by atoms with Crippen LogP contribution in [0.1, 0.15) is 5.56 Å². The van der Waals surface area contributed by atoms with E-state index < -0.39 is 11.0 Å².